The highest BCUT2D eigenvalue weighted by Crippen LogP contribution is 2.25. The molecule has 1 aliphatic heterocycles. The highest BCUT2D eigenvalue weighted by Gasteiger charge is 2.40. The number of hydrogen-bond acceptors (Lipinski definition) is 3. The van der Waals surface area contributed by atoms with Crippen LogP contribution in [0.4, 0.5) is 0 Å². The van der Waals surface area contributed by atoms with Gasteiger partial charge in [0.1, 0.15) is 0 Å². The monoisotopic (exact) mass is 258 g/mol. The summed E-state index contributed by atoms with van der Waals surface area (Å²) >= 11 is 1.80. The fraction of sp³-hybridized carbons (Fsp3) is 0.923. The Balaban J connectivity index is 2.58. The normalized spacial score (nSPS) is 25.8. The van der Waals surface area contributed by atoms with Crippen LogP contribution in [0.2, 0.25) is 0 Å². The molecule has 1 aliphatic rings. The Bertz CT molecular complexity index is 240. The van der Waals surface area contributed by atoms with Crippen molar-refractivity contribution in [2.24, 2.45) is 0 Å². The van der Waals surface area contributed by atoms with Crippen molar-refractivity contribution in [3.05, 3.63) is 0 Å². The second-order valence-electron chi connectivity index (χ2n) is 4.90. The van der Waals surface area contributed by atoms with E-state index < -0.39 is 0 Å². The van der Waals surface area contributed by atoms with Gasteiger partial charge in [-0.05, 0) is 38.5 Å². The van der Waals surface area contributed by atoms with E-state index in [0.717, 1.165) is 44.4 Å². The summed E-state index contributed by atoms with van der Waals surface area (Å²) in [6.45, 7) is 5.26. The van der Waals surface area contributed by atoms with Crippen molar-refractivity contribution in [1.82, 2.24) is 10.6 Å². The van der Waals surface area contributed by atoms with Crippen molar-refractivity contribution in [3.8, 4) is 0 Å². The Hall–Kier alpha value is -0.220. The summed E-state index contributed by atoms with van der Waals surface area (Å²) in [5.41, 5.74) is -0.277. The summed E-state index contributed by atoms with van der Waals surface area (Å²) in [5, 5.41) is 6.64. The molecule has 1 saturated heterocycles. The molecular weight excluding hydrogens is 232 g/mol. The molecule has 0 saturated carbocycles. The van der Waals surface area contributed by atoms with Crippen LogP contribution in [0.5, 0.6) is 0 Å². The highest BCUT2D eigenvalue weighted by atomic mass is 32.2. The third-order valence-corrected chi connectivity index (χ3v) is 4.29. The van der Waals surface area contributed by atoms with Crippen LogP contribution in [0.1, 0.15) is 46.0 Å². The Kier molecular flexibility index (Phi) is 6.34. The predicted molar refractivity (Wildman–Crippen MR) is 75.5 cm³/mol. The number of thioether (sulfide) groups is 1. The first-order valence-corrected chi connectivity index (χ1v) is 8.12. The molecule has 0 aliphatic carbocycles. The molecule has 0 aromatic rings. The topological polar surface area (TPSA) is 41.1 Å². The molecule has 0 spiro atoms. The number of hydrogen-bond donors (Lipinski definition) is 2. The minimum Gasteiger partial charge on any atom is -0.351 e. The third-order valence-electron chi connectivity index (χ3n) is 3.55. The minimum absolute atomic E-state index is 0.220. The van der Waals surface area contributed by atoms with Crippen molar-refractivity contribution < 1.29 is 4.79 Å². The highest BCUT2D eigenvalue weighted by molar-refractivity contribution is 7.98. The lowest BCUT2D eigenvalue weighted by Gasteiger charge is -2.30. The molecule has 1 fully saturated rings. The van der Waals surface area contributed by atoms with E-state index in [2.05, 4.69) is 30.7 Å². The molecule has 2 N–H and O–H groups in total. The maximum Gasteiger partial charge on any atom is 0.240 e. The molecule has 1 heterocycles. The lowest BCUT2D eigenvalue weighted by atomic mass is 9.90. The van der Waals surface area contributed by atoms with Crippen LogP contribution in [-0.2, 0) is 4.79 Å². The largest absolute Gasteiger partial charge is 0.351 e. The predicted octanol–water partition coefficient (Wildman–Crippen LogP) is 2.17. The molecule has 4 heteroatoms. The zero-order chi connectivity index (χ0) is 12.7. The van der Waals surface area contributed by atoms with Gasteiger partial charge in [0.15, 0.2) is 0 Å². The average molecular weight is 258 g/mol. The van der Waals surface area contributed by atoms with Crippen molar-refractivity contribution in [1.29, 1.82) is 0 Å². The van der Waals surface area contributed by atoms with Gasteiger partial charge in [0.05, 0.1) is 5.54 Å². The summed E-state index contributed by atoms with van der Waals surface area (Å²) in [4.78, 5) is 12.4. The standard InChI is InChI=1S/C13H26N2OS/c1-4-7-13(8-6-9-14-13)12(16)15-11(5-2)10-17-3/h11,14H,4-10H2,1-3H3,(H,15,16). The van der Waals surface area contributed by atoms with Gasteiger partial charge in [0.2, 0.25) is 5.91 Å². The van der Waals surface area contributed by atoms with E-state index in [0.29, 0.717) is 6.04 Å². The molecular formula is C13H26N2OS. The lowest BCUT2D eigenvalue weighted by molar-refractivity contribution is -0.128. The van der Waals surface area contributed by atoms with Gasteiger partial charge >= 0.3 is 0 Å². The van der Waals surface area contributed by atoms with Crippen molar-refractivity contribution >= 4 is 17.7 Å². The van der Waals surface area contributed by atoms with Gasteiger partial charge in [-0.25, -0.2) is 0 Å². The molecule has 1 amide bonds. The summed E-state index contributed by atoms with van der Waals surface area (Å²) in [6.07, 6.45) is 7.21. The first-order chi connectivity index (χ1) is 8.18. The van der Waals surface area contributed by atoms with Gasteiger partial charge < -0.3 is 10.6 Å². The van der Waals surface area contributed by atoms with Crippen LogP contribution >= 0.6 is 11.8 Å². The van der Waals surface area contributed by atoms with Crippen LogP contribution in [0.25, 0.3) is 0 Å². The summed E-state index contributed by atoms with van der Waals surface area (Å²) in [5.74, 6) is 1.22. The van der Waals surface area contributed by atoms with Crippen LogP contribution in [0.3, 0.4) is 0 Å². The quantitative estimate of drug-likeness (QED) is 0.735. The number of carbonyl (C=O) groups is 1. The second kappa shape index (κ2) is 7.27. The molecule has 2 unspecified atom stereocenters. The van der Waals surface area contributed by atoms with E-state index in [1.165, 1.54) is 0 Å². The molecule has 3 nitrogen and oxygen atoms in total. The molecule has 0 aromatic heterocycles. The molecule has 0 radical (unpaired) electrons. The number of rotatable bonds is 7. The number of nitrogens with one attached hydrogen (secondary N) is 2. The zero-order valence-corrected chi connectivity index (χ0v) is 12.2. The van der Waals surface area contributed by atoms with E-state index >= 15 is 0 Å². The molecule has 1 rings (SSSR count). The maximum atomic E-state index is 12.4. The molecule has 100 valence electrons. The van der Waals surface area contributed by atoms with Crippen molar-refractivity contribution in [3.63, 3.8) is 0 Å². The molecule has 2 atom stereocenters. The van der Waals surface area contributed by atoms with Crippen LogP contribution in [0.15, 0.2) is 0 Å². The second-order valence-corrected chi connectivity index (χ2v) is 5.81. The summed E-state index contributed by atoms with van der Waals surface area (Å²) in [6, 6.07) is 0.314. The Morgan fingerprint density at radius 1 is 1.53 bits per heavy atom. The number of amides is 1. The van der Waals surface area contributed by atoms with Gasteiger partial charge in [-0.2, -0.15) is 11.8 Å². The van der Waals surface area contributed by atoms with E-state index in [4.69, 9.17) is 0 Å². The summed E-state index contributed by atoms with van der Waals surface area (Å²) < 4.78 is 0. The Morgan fingerprint density at radius 2 is 2.29 bits per heavy atom. The van der Waals surface area contributed by atoms with Gasteiger partial charge in [0, 0.05) is 11.8 Å². The average Bonchev–Trinajstić information content (AvgIpc) is 2.78. The SMILES string of the molecule is CCCC1(C(=O)NC(CC)CSC)CCCN1. The van der Waals surface area contributed by atoms with Gasteiger partial charge in [-0.3, -0.25) is 4.79 Å². The zero-order valence-electron chi connectivity index (χ0n) is 11.3. The fourth-order valence-electron chi connectivity index (χ4n) is 2.54. The maximum absolute atomic E-state index is 12.4. The first-order valence-electron chi connectivity index (χ1n) is 6.73. The molecule has 17 heavy (non-hydrogen) atoms. The van der Waals surface area contributed by atoms with E-state index in [-0.39, 0.29) is 11.4 Å². The molecule has 0 aromatic carbocycles. The van der Waals surface area contributed by atoms with Gasteiger partial charge in [-0.1, -0.05) is 20.3 Å². The summed E-state index contributed by atoms with van der Waals surface area (Å²) in [7, 11) is 0. The Labute approximate surface area is 109 Å². The van der Waals surface area contributed by atoms with E-state index in [1.807, 2.05) is 0 Å². The fourth-order valence-corrected chi connectivity index (χ4v) is 3.26. The first kappa shape index (κ1) is 14.8. The van der Waals surface area contributed by atoms with E-state index in [9.17, 15) is 4.79 Å². The van der Waals surface area contributed by atoms with Crippen LogP contribution < -0.4 is 10.6 Å². The van der Waals surface area contributed by atoms with Crippen molar-refractivity contribution in [2.45, 2.75) is 57.5 Å². The lowest BCUT2D eigenvalue weighted by Crippen LogP contribution is -2.56. The third kappa shape index (κ3) is 3.88. The minimum atomic E-state index is -0.277. The molecule has 0 bridgehead atoms. The van der Waals surface area contributed by atoms with Crippen LogP contribution in [-0.4, -0.2) is 36.0 Å². The van der Waals surface area contributed by atoms with Crippen molar-refractivity contribution in [2.75, 3.05) is 18.6 Å². The van der Waals surface area contributed by atoms with E-state index in [1.54, 1.807) is 11.8 Å². The Morgan fingerprint density at radius 3 is 2.76 bits per heavy atom. The van der Waals surface area contributed by atoms with Crippen LogP contribution in [0, 0.1) is 0 Å². The van der Waals surface area contributed by atoms with Gasteiger partial charge in [0.25, 0.3) is 0 Å². The smallest absolute Gasteiger partial charge is 0.240 e. The number of carbonyl (C=O) groups excluding carboxylic acids is 1. The van der Waals surface area contributed by atoms with Gasteiger partial charge in [-0.15, -0.1) is 0 Å².